The molecule has 0 spiro atoms. The van der Waals surface area contributed by atoms with Gasteiger partial charge < -0.3 is 10.2 Å². The smallest absolute Gasteiger partial charge is 0.264 e. The second-order valence-electron chi connectivity index (χ2n) is 3.49. The number of nitrogens with two attached hydrogens (primary N) is 1. The summed E-state index contributed by atoms with van der Waals surface area (Å²) in [6.07, 6.45) is 2.19. The van der Waals surface area contributed by atoms with Crippen molar-refractivity contribution in [2.75, 3.05) is 5.73 Å². The molecule has 7 heteroatoms. The molecule has 3 aromatic rings. The summed E-state index contributed by atoms with van der Waals surface area (Å²) in [6.45, 7) is 0. The van der Waals surface area contributed by atoms with Crippen molar-refractivity contribution in [2.45, 2.75) is 10.4 Å². The van der Waals surface area contributed by atoms with Crippen LogP contribution in [0.25, 0.3) is 11.1 Å². The van der Waals surface area contributed by atoms with E-state index < -0.39 is 5.82 Å². The third-order valence-corrected chi connectivity index (χ3v) is 2.91. The summed E-state index contributed by atoms with van der Waals surface area (Å²) in [5.74, 6) is -0.482. The van der Waals surface area contributed by atoms with Crippen molar-refractivity contribution in [3.8, 4) is 0 Å². The maximum absolute atomic E-state index is 12.7. The van der Waals surface area contributed by atoms with Gasteiger partial charge in [0.25, 0.3) is 5.22 Å². The molecule has 0 fully saturated rings. The maximum atomic E-state index is 12.7. The number of fused-ring (bicyclic) bond motifs is 1. The Hall–Kier alpha value is -2.15. The van der Waals surface area contributed by atoms with E-state index in [-0.39, 0.29) is 0 Å². The van der Waals surface area contributed by atoms with Crippen LogP contribution in [0.3, 0.4) is 0 Å². The van der Waals surface area contributed by atoms with Gasteiger partial charge >= 0.3 is 0 Å². The van der Waals surface area contributed by atoms with Gasteiger partial charge in [0.2, 0.25) is 0 Å². The molecule has 2 heterocycles. The number of aromatic nitrogens is 3. The van der Waals surface area contributed by atoms with Crippen LogP contribution in [0.4, 0.5) is 10.1 Å². The van der Waals surface area contributed by atoms with Crippen LogP contribution < -0.4 is 5.73 Å². The molecule has 2 aromatic heterocycles. The summed E-state index contributed by atoms with van der Waals surface area (Å²) in [6, 6.07) is 5.20. The normalized spacial score (nSPS) is 10.9. The number of nitrogen functional groups attached to an aromatic ring is 1. The predicted octanol–water partition coefficient (Wildman–Crippen LogP) is 2.49. The third-order valence-electron chi connectivity index (χ3n) is 2.17. The first-order chi connectivity index (χ1) is 8.70. The fraction of sp³-hybridized carbons (Fsp3) is 0. The van der Waals surface area contributed by atoms with Crippen LogP contribution in [0.1, 0.15) is 0 Å². The van der Waals surface area contributed by atoms with Gasteiger partial charge in [-0.1, -0.05) is 0 Å². The fourth-order valence-electron chi connectivity index (χ4n) is 1.39. The number of nitrogens with zero attached hydrogens (tertiary/aromatic N) is 3. The minimum absolute atomic E-state index is 0.371. The lowest BCUT2D eigenvalue weighted by molar-refractivity contribution is 0.488. The van der Waals surface area contributed by atoms with Crippen LogP contribution in [0.2, 0.25) is 0 Å². The molecule has 0 aliphatic rings. The van der Waals surface area contributed by atoms with E-state index in [0.717, 1.165) is 24.2 Å². The van der Waals surface area contributed by atoms with Crippen molar-refractivity contribution in [3.63, 3.8) is 0 Å². The van der Waals surface area contributed by atoms with Gasteiger partial charge in [-0.05, 0) is 12.1 Å². The fourth-order valence-corrected chi connectivity index (χ4v) is 2.04. The van der Waals surface area contributed by atoms with Crippen molar-refractivity contribution in [2.24, 2.45) is 0 Å². The van der Waals surface area contributed by atoms with Crippen LogP contribution in [0, 0.1) is 5.82 Å². The maximum Gasteiger partial charge on any atom is 0.264 e. The molecule has 0 radical (unpaired) electrons. The van der Waals surface area contributed by atoms with Gasteiger partial charge in [-0.25, -0.2) is 19.3 Å². The standard InChI is InChI=1S/C11H7FN4OS/c12-6-4-14-10(15-5-6)18-11-16-8-2-1-7(13)3-9(8)17-11/h1-5H,13H2. The Kier molecular flexibility index (Phi) is 2.60. The van der Waals surface area contributed by atoms with E-state index in [4.69, 9.17) is 10.2 Å². The number of halogens is 1. The van der Waals surface area contributed by atoms with Crippen molar-refractivity contribution < 1.29 is 8.81 Å². The van der Waals surface area contributed by atoms with Gasteiger partial charge in [0.1, 0.15) is 5.52 Å². The molecule has 0 saturated heterocycles. The second-order valence-corrected chi connectivity index (χ2v) is 4.41. The van der Waals surface area contributed by atoms with Crippen molar-refractivity contribution in [1.29, 1.82) is 0 Å². The Balaban J connectivity index is 1.92. The lowest BCUT2D eigenvalue weighted by atomic mass is 10.3. The largest absolute Gasteiger partial charge is 0.431 e. The molecule has 0 atom stereocenters. The highest BCUT2D eigenvalue weighted by atomic mass is 32.2. The molecule has 0 unspecified atom stereocenters. The minimum Gasteiger partial charge on any atom is -0.431 e. The van der Waals surface area contributed by atoms with E-state index in [1.807, 2.05) is 0 Å². The lowest BCUT2D eigenvalue weighted by Gasteiger charge is -1.93. The highest BCUT2D eigenvalue weighted by molar-refractivity contribution is 7.98. The third kappa shape index (κ3) is 2.12. The number of benzene rings is 1. The topological polar surface area (TPSA) is 77.8 Å². The summed E-state index contributed by atoms with van der Waals surface area (Å²) < 4.78 is 18.1. The molecule has 5 nitrogen and oxygen atoms in total. The lowest BCUT2D eigenvalue weighted by Crippen LogP contribution is -1.86. The van der Waals surface area contributed by atoms with E-state index in [0.29, 0.717) is 27.2 Å². The summed E-state index contributed by atoms with van der Waals surface area (Å²) in [4.78, 5) is 11.9. The van der Waals surface area contributed by atoms with Gasteiger partial charge in [-0.3, -0.25) is 0 Å². The van der Waals surface area contributed by atoms with Crippen molar-refractivity contribution in [1.82, 2.24) is 15.0 Å². The SMILES string of the molecule is Nc1ccc2nc(Sc3ncc(F)cn3)oc2c1. The number of rotatable bonds is 2. The zero-order valence-corrected chi connectivity index (χ0v) is 9.82. The van der Waals surface area contributed by atoms with Gasteiger partial charge in [0, 0.05) is 23.5 Å². The summed E-state index contributed by atoms with van der Waals surface area (Å²) >= 11 is 1.12. The first kappa shape index (κ1) is 11.0. The van der Waals surface area contributed by atoms with Crippen molar-refractivity contribution >= 4 is 28.5 Å². The first-order valence-corrected chi connectivity index (χ1v) is 5.84. The Bertz CT molecular complexity index is 698. The van der Waals surface area contributed by atoms with Crippen LogP contribution in [-0.2, 0) is 0 Å². The Morgan fingerprint density at radius 2 is 2.00 bits per heavy atom. The molecule has 90 valence electrons. The van der Waals surface area contributed by atoms with Crippen molar-refractivity contribution in [3.05, 3.63) is 36.4 Å². The van der Waals surface area contributed by atoms with Crippen LogP contribution in [0.5, 0.6) is 0 Å². The molecule has 0 bridgehead atoms. The molecular weight excluding hydrogens is 255 g/mol. The zero-order chi connectivity index (χ0) is 12.5. The summed E-state index contributed by atoms with van der Waals surface area (Å²) in [5.41, 5.74) is 7.55. The number of hydrogen-bond acceptors (Lipinski definition) is 6. The Labute approximate surface area is 105 Å². The summed E-state index contributed by atoms with van der Waals surface area (Å²) in [7, 11) is 0. The molecule has 2 N–H and O–H groups in total. The van der Waals surface area contributed by atoms with E-state index in [1.54, 1.807) is 18.2 Å². The summed E-state index contributed by atoms with van der Waals surface area (Å²) in [5, 5.41) is 0.762. The average Bonchev–Trinajstić information content (AvgIpc) is 2.73. The first-order valence-electron chi connectivity index (χ1n) is 5.02. The molecule has 0 amide bonds. The number of oxazole rings is 1. The minimum atomic E-state index is -0.482. The molecule has 0 aliphatic heterocycles. The van der Waals surface area contributed by atoms with E-state index in [9.17, 15) is 4.39 Å². The molecule has 0 aliphatic carbocycles. The quantitative estimate of drug-likeness (QED) is 0.564. The molecule has 1 aromatic carbocycles. The molecular formula is C11H7FN4OS. The van der Waals surface area contributed by atoms with Gasteiger partial charge in [0.15, 0.2) is 16.6 Å². The predicted molar refractivity (Wildman–Crippen MR) is 64.5 cm³/mol. The van der Waals surface area contributed by atoms with Gasteiger partial charge in [-0.2, -0.15) is 0 Å². The highest BCUT2D eigenvalue weighted by Gasteiger charge is 2.09. The van der Waals surface area contributed by atoms with Crippen LogP contribution in [0.15, 0.2) is 45.4 Å². The van der Waals surface area contributed by atoms with Crippen LogP contribution >= 0.6 is 11.8 Å². The van der Waals surface area contributed by atoms with E-state index in [1.165, 1.54) is 0 Å². The van der Waals surface area contributed by atoms with Gasteiger partial charge in [-0.15, -0.1) is 0 Å². The van der Waals surface area contributed by atoms with Crippen LogP contribution in [-0.4, -0.2) is 15.0 Å². The van der Waals surface area contributed by atoms with E-state index in [2.05, 4.69) is 15.0 Å². The Morgan fingerprint density at radius 1 is 1.22 bits per heavy atom. The zero-order valence-electron chi connectivity index (χ0n) is 9.00. The second kappa shape index (κ2) is 4.26. The monoisotopic (exact) mass is 262 g/mol. The average molecular weight is 262 g/mol. The number of anilines is 1. The van der Waals surface area contributed by atoms with Gasteiger partial charge in [0.05, 0.1) is 12.4 Å². The van der Waals surface area contributed by atoms with E-state index >= 15 is 0 Å². The molecule has 18 heavy (non-hydrogen) atoms. The Morgan fingerprint density at radius 3 is 2.78 bits per heavy atom. The molecule has 0 saturated carbocycles. The highest BCUT2D eigenvalue weighted by Crippen LogP contribution is 2.28. The number of hydrogen-bond donors (Lipinski definition) is 1. The molecule has 3 rings (SSSR count).